The summed E-state index contributed by atoms with van der Waals surface area (Å²) < 4.78 is 11.6. The summed E-state index contributed by atoms with van der Waals surface area (Å²) in [7, 11) is 0. The van der Waals surface area contributed by atoms with Crippen molar-refractivity contribution in [3.63, 3.8) is 0 Å². The molecule has 1 fully saturated rings. The number of carbonyl (C=O) groups excluding carboxylic acids is 3. The number of hydrogen-bond donors (Lipinski definition) is 2. The molecule has 0 aromatic heterocycles. The number of hydrogen-bond acceptors (Lipinski definition) is 5. The summed E-state index contributed by atoms with van der Waals surface area (Å²) in [5.74, 6) is 0.718. The van der Waals surface area contributed by atoms with E-state index in [-0.39, 0.29) is 25.1 Å². The molecule has 0 radical (unpaired) electrons. The molecule has 1 spiro atoms. The highest BCUT2D eigenvalue weighted by atomic mass is 16.5. The van der Waals surface area contributed by atoms with Gasteiger partial charge in [0.2, 0.25) is 5.91 Å². The molecular formula is C26H29N3O5. The molecule has 0 unspecified atom stereocenters. The Morgan fingerprint density at radius 3 is 2.91 bits per heavy atom. The lowest BCUT2D eigenvalue weighted by Gasteiger charge is -2.33. The van der Waals surface area contributed by atoms with Gasteiger partial charge in [-0.25, -0.2) is 4.79 Å². The van der Waals surface area contributed by atoms with Gasteiger partial charge in [0.1, 0.15) is 29.7 Å². The van der Waals surface area contributed by atoms with E-state index in [4.69, 9.17) is 9.47 Å². The van der Waals surface area contributed by atoms with Crippen LogP contribution in [0.4, 0.5) is 4.79 Å². The molecule has 2 aliphatic heterocycles. The average molecular weight is 464 g/mol. The van der Waals surface area contributed by atoms with E-state index in [1.165, 1.54) is 0 Å². The van der Waals surface area contributed by atoms with E-state index in [0.717, 1.165) is 52.2 Å². The van der Waals surface area contributed by atoms with E-state index in [2.05, 4.69) is 10.6 Å². The molecule has 8 nitrogen and oxygen atoms in total. The van der Waals surface area contributed by atoms with Gasteiger partial charge in [0, 0.05) is 24.1 Å². The van der Waals surface area contributed by atoms with E-state index in [1.807, 2.05) is 50.2 Å². The summed E-state index contributed by atoms with van der Waals surface area (Å²) in [6.45, 7) is 4.29. The summed E-state index contributed by atoms with van der Waals surface area (Å²) in [6, 6.07) is 11.0. The highest BCUT2D eigenvalue weighted by molar-refractivity contribution is 6.09. The Morgan fingerprint density at radius 2 is 2.09 bits per heavy atom. The maximum absolute atomic E-state index is 13.4. The van der Waals surface area contributed by atoms with Gasteiger partial charge < -0.3 is 20.1 Å². The van der Waals surface area contributed by atoms with Gasteiger partial charge in [-0.15, -0.1) is 0 Å². The number of urea groups is 1. The van der Waals surface area contributed by atoms with Gasteiger partial charge in [-0.2, -0.15) is 0 Å². The number of amides is 4. The Kier molecular flexibility index (Phi) is 5.67. The van der Waals surface area contributed by atoms with Crippen LogP contribution in [0.15, 0.2) is 36.4 Å². The van der Waals surface area contributed by atoms with Crippen LogP contribution in [0, 0.1) is 0 Å². The number of ether oxygens (including phenoxy) is 2. The number of nitrogens with zero attached hydrogens (tertiary/aromatic N) is 1. The lowest BCUT2D eigenvalue weighted by Crippen LogP contribution is -2.47. The third-order valence-electron chi connectivity index (χ3n) is 6.81. The molecule has 2 aromatic carbocycles. The van der Waals surface area contributed by atoms with Crippen LogP contribution in [0.25, 0.3) is 0 Å². The molecular weight excluding hydrogens is 434 g/mol. The van der Waals surface area contributed by atoms with Gasteiger partial charge >= 0.3 is 6.03 Å². The molecule has 3 aliphatic rings. The van der Waals surface area contributed by atoms with Crippen LogP contribution in [0.2, 0.25) is 0 Å². The first kappa shape index (κ1) is 22.3. The Morgan fingerprint density at radius 1 is 1.26 bits per heavy atom. The lowest BCUT2D eigenvalue weighted by molar-refractivity contribution is -0.135. The summed E-state index contributed by atoms with van der Waals surface area (Å²) in [6.07, 6.45) is 3.11. The highest BCUT2D eigenvalue weighted by Crippen LogP contribution is 2.40. The van der Waals surface area contributed by atoms with E-state index in [9.17, 15) is 14.4 Å². The quantitative estimate of drug-likeness (QED) is 0.642. The Balaban J connectivity index is 1.29. The fraction of sp³-hybridized carbons (Fsp3) is 0.423. The van der Waals surface area contributed by atoms with Crippen LogP contribution in [-0.4, -0.2) is 42.0 Å². The number of aryl methyl sites for hydroxylation is 1. The molecule has 5 rings (SSSR count). The number of fused-ring (bicyclic) bond motifs is 3. The number of carbonyl (C=O) groups is 3. The molecule has 34 heavy (non-hydrogen) atoms. The Hall–Kier alpha value is -3.55. The maximum Gasteiger partial charge on any atom is 0.325 e. The Bertz CT molecular complexity index is 1160. The summed E-state index contributed by atoms with van der Waals surface area (Å²) in [5, 5.41) is 5.71. The zero-order valence-electron chi connectivity index (χ0n) is 19.5. The molecule has 4 amide bonds. The largest absolute Gasteiger partial charge is 0.494 e. The van der Waals surface area contributed by atoms with Gasteiger partial charge in [-0.05, 0) is 56.4 Å². The van der Waals surface area contributed by atoms with Crippen molar-refractivity contribution in [3.8, 4) is 11.5 Å². The van der Waals surface area contributed by atoms with Crippen molar-refractivity contribution >= 4 is 17.8 Å². The van der Waals surface area contributed by atoms with E-state index < -0.39 is 17.5 Å². The van der Waals surface area contributed by atoms with Crippen molar-refractivity contribution in [2.75, 3.05) is 13.2 Å². The number of benzene rings is 2. The van der Waals surface area contributed by atoms with Crippen molar-refractivity contribution < 1.29 is 23.9 Å². The van der Waals surface area contributed by atoms with Crippen molar-refractivity contribution in [3.05, 3.63) is 58.7 Å². The first-order valence-electron chi connectivity index (χ1n) is 11.9. The van der Waals surface area contributed by atoms with Gasteiger partial charge in [-0.3, -0.25) is 14.5 Å². The fourth-order valence-corrected chi connectivity index (χ4v) is 5.26. The third kappa shape index (κ3) is 3.77. The van der Waals surface area contributed by atoms with Crippen molar-refractivity contribution in [1.29, 1.82) is 0 Å². The van der Waals surface area contributed by atoms with E-state index in [1.54, 1.807) is 0 Å². The van der Waals surface area contributed by atoms with Crippen molar-refractivity contribution in [2.24, 2.45) is 0 Å². The van der Waals surface area contributed by atoms with Crippen LogP contribution < -0.4 is 20.1 Å². The van der Waals surface area contributed by atoms with Crippen LogP contribution >= 0.6 is 0 Å². The second-order valence-electron chi connectivity index (χ2n) is 9.15. The topological polar surface area (TPSA) is 97.0 Å². The number of imide groups is 1. The first-order chi connectivity index (χ1) is 16.4. The standard InChI is InChI=1S/C26H29N3O5/c1-3-33-21-12-18-11-16(2)34-22(18)13-19(21)14-27-23(30)15-29-24(31)26(28-25(29)32)10-6-8-17-7-4-5-9-20(17)26/h4-5,7,9,12-13,16H,3,6,8,10-11,14-15H2,1-2H3,(H,27,30)(H,28,32)/t16-,26+/m1/s1. The third-order valence-corrected chi connectivity index (χ3v) is 6.81. The number of rotatable bonds is 6. The predicted octanol–water partition coefficient (Wildman–Crippen LogP) is 2.81. The average Bonchev–Trinajstić information content (AvgIpc) is 3.29. The normalized spacial score (nSPS) is 22.8. The molecule has 2 heterocycles. The summed E-state index contributed by atoms with van der Waals surface area (Å²) in [4.78, 5) is 39.9. The van der Waals surface area contributed by atoms with Crippen LogP contribution in [0.3, 0.4) is 0 Å². The van der Waals surface area contributed by atoms with Crippen molar-refractivity contribution in [1.82, 2.24) is 15.5 Å². The summed E-state index contributed by atoms with van der Waals surface area (Å²) >= 11 is 0. The monoisotopic (exact) mass is 463 g/mol. The molecule has 0 bridgehead atoms. The Labute approximate surface area is 198 Å². The minimum absolute atomic E-state index is 0.103. The predicted molar refractivity (Wildman–Crippen MR) is 125 cm³/mol. The lowest BCUT2D eigenvalue weighted by atomic mass is 9.76. The van der Waals surface area contributed by atoms with Gasteiger partial charge in [0.25, 0.3) is 5.91 Å². The van der Waals surface area contributed by atoms with Crippen LogP contribution in [0.1, 0.15) is 48.9 Å². The molecule has 1 saturated heterocycles. The van der Waals surface area contributed by atoms with Crippen molar-refractivity contribution in [2.45, 2.75) is 57.7 Å². The molecule has 2 N–H and O–H groups in total. The minimum atomic E-state index is -1.08. The number of nitrogens with one attached hydrogen (secondary N) is 2. The zero-order valence-corrected chi connectivity index (χ0v) is 19.5. The highest BCUT2D eigenvalue weighted by Gasteiger charge is 2.54. The van der Waals surface area contributed by atoms with Crippen LogP contribution in [-0.2, 0) is 34.5 Å². The molecule has 2 aromatic rings. The van der Waals surface area contributed by atoms with Gasteiger partial charge in [0.15, 0.2) is 0 Å². The smallest absolute Gasteiger partial charge is 0.325 e. The maximum atomic E-state index is 13.4. The fourth-order valence-electron chi connectivity index (χ4n) is 5.26. The van der Waals surface area contributed by atoms with E-state index >= 15 is 0 Å². The second-order valence-corrected chi connectivity index (χ2v) is 9.15. The summed E-state index contributed by atoms with van der Waals surface area (Å²) in [5.41, 5.74) is 2.69. The molecule has 178 valence electrons. The molecule has 1 aliphatic carbocycles. The van der Waals surface area contributed by atoms with Gasteiger partial charge in [-0.1, -0.05) is 24.3 Å². The SMILES string of the molecule is CCOc1cc2c(cc1CNC(=O)CN1C(=O)N[C@]3(CCCc4ccccc43)C1=O)O[C@H](C)C2. The van der Waals surface area contributed by atoms with E-state index in [0.29, 0.717) is 18.8 Å². The molecule has 0 saturated carbocycles. The minimum Gasteiger partial charge on any atom is -0.494 e. The van der Waals surface area contributed by atoms with Gasteiger partial charge in [0.05, 0.1) is 6.61 Å². The molecule has 8 heteroatoms. The first-order valence-corrected chi connectivity index (χ1v) is 11.9. The molecule has 2 atom stereocenters. The van der Waals surface area contributed by atoms with Crippen LogP contribution in [0.5, 0.6) is 11.5 Å². The zero-order chi connectivity index (χ0) is 23.9. The second kappa shape index (κ2) is 8.66.